The molecule has 1 aromatic heterocycles. The lowest BCUT2D eigenvalue weighted by molar-refractivity contribution is 0.280. The zero-order valence-electron chi connectivity index (χ0n) is 8.86. The van der Waals surface area contributed by atoms with E-state index in [-0.39, 0.29) is 12.4 Å². The summed E-state index contributed by atoms with van der Waals surface area (Å²) >= 11 is 0. The lowest BCUT2D eigenvalue weighted by Crippen LogP contribution is -2.02. The van der Waals surface area contributed by atoms with Crippen molar-refractivity contribution in [2.75, 3.05) is 5.73 Å². The van der Waals surface area contributed by atoms with Crippen LogP contribution in [0.3, 0.4) is 0 Å². The van der Waals surface area contributed by atoms with Crippen LogP contribution in [0.4, 0.5) is 14.6 Å². The minimum atomic E-state index is -1.00. The van der Waals surface area contributed by atoms with E-state index in [1.807, 2.05) is 0 Å². The lowest BCUT2D eigenvalue weighted by Gasteiger charge is -2.07. The monoisotopic (exact) mass is 236 g/mol. The van der Waals surface area contributed by atoms with Crippen molar-refractivity contribution in [3.63, 3.8) is 0 Å². The smallest absolute Gasteiger partial charge is 0.200 e. The topological polar surface area (TPSA) is 48.1 Å². The van der Waals surface area contributed by atoms with Gasteiger partial charge in [0.15, 0.2) is 11.6 Å². The highest BCUT2D eigenvalue weighted by Gasteiger charge is 2.08. The predicted octanol–water partition coefficient (Wildman–Crippen LogP) is 2.52. The highest BCUT2D eigenvalue weighted by molar-refractivity contribution is 5.29. The molecule has 1 heterocycles. The Hall–Kier alpha value is -2.17. The summed E-state index contributed by atoms with van der Waals surface area (Å²) in [6.07, 6.45) is 0. The average molecular weight is 236 g/mol. The second-order valence-electron chi connectivity index (χ2n) is 3.39. The van der Waals surface area contributed by atoms with Crippen LogP contribution in [0.15, 0.2) is 36.4 Å². The third-order valence-electron chi connectivity index (χ3n) is 2.12. The number of nitrogens with zero attached hydrogens (tertiary/aromatic N) is 1. The number of rotatable bonds is 3. The van der Waals surface area contributed by atoms with E-state index in [0.29, 0.717) is 11.5 Å². The fourth-order valence-corrected chi connectivity index (χ4v) is 1.33. The van der Waals surface area contributed by atoms with E-state index < -0.39 is 11.6 Å². The number of halogens is 2. The third-order valence-corrected chi connectivity index (χ3v) is 2.12. The van der Waals surface area contributed by atoms with Crippen molar-refractivity contribution in [2.24, 2.45) is 0 Å². The molecule has 0 aliphatic rings. The molecule has 0 amide bonds. The molecule has 2 rings (SSSR count). The molecule has 1 aromatic carbocycles. The Morgan fingerprint density at radius 2 is 1.88 bits per heavy atom. The Kier molecular flexibility index (Phi) is 3.18. The van der Waals surface area contributed by atoms with Gasteiger partial charge in [0.25, 0.3) is 0 Å². The molecule has 0 aliphatic heterocycles. The Bertz CT molecular complexity index is 532. The molecule has 3 nitrogen and oxygen atoms in total. The van der Waals surface area contributed by atoms with Gasteiger partial charge in [0, 0.05) is 0 Å². The fraction of sp³-hybridized carbons (Fsp3) is 0.0833. The van der Waals surface area contributed by atoms with E-state index in [4.69, 9.17) is 10.5 Å². The number of aromatic nitrogens is 1. The number of ether oxygens (including phenoxy) is 1. The van der Waals surface area contributed by atoms with Gasteiger partial charge < -0.3 is 10.5 Å². The first-order chi connectivity index (χ1) is 8.16. The maximum absolute atomic E-state index is 13.2. The first-order valence-corrected chi connectivity index (χ1v) is 4.95. The molecule has 0 atom stereocenters. The number of nitrogen functional groups attached to an aromatic ring is 1. The first-order valence-electron chi connectivity index (χ1n) is 4.95. The van der Waals surface area contributed by atoms with Gasteiger partial charge in [-0.3, -0.25) is 0 Å². The number of pyridine rings is 1. The van der Waals surface area contributed by atoms with E-state index in [1.54, 1.807) is 18.2 Å². The van der Waals surface area contributed by atoms with Crippen LogP contribution in [0.2, 0.25) is 0 Å². The summed E-state index contributed by atoms with van der Waals surface area (Å²) in [6, 6.07) is 8.79. The average Bonchev–Trinajstić information content (AvgIpc) is 2.31. The molecule has 0 saturated heterocycles. The van der Waals surface area contributed by atoms with Crippen LogP contribution in [0.25, 0.3) is 0 Å². The summed E-state index contributed by atoms with van der Waals surface area (Å²) in [5, 5.41) is 0. The minimum absolute atomic E-state index is 0.0331. The van der Waals surface area contributed by atoms with Crippen molar-refractivity contribution < 1.29 is 13.5 Å². The van der Waals surface area contributed by atoms with Crippen molar-refractivity contribution in [2.45, 2.75) is 6.61 Å². The molecule has 2 N–H and O–H groups in total. The zero-order chi connectivity index (χ0) is 12.3. The largest absolute Gasteiger partial charge is 0.484 e. The first kappa shape index (κ1) is 11.3. The van der Waals surface area contributed by atoms with Gasteiger partial charge in [-0.25, -0.2) is 9.37 Å². The summed E-state index contributed by atoms with van der Waals surface area (Å²) < 4.78 is 31.2. The van der Waals surface area contributed by atoms with E-state index in [9.17, 15) is 8.78 Å². The maximum atomic E-state index is 13.2. The molecular formula is C12H10F2N2O. The molecule has 0 fully saturated rings. The molecule has 5 heteroatoms. The van der Waals surface area contributed by atoms with E-state index in [1.165, 1.54) is 12.1 Å². The highest BCUT2D eigenvalue weighted by Crippen LogP contribution is 2.20. The van der Waals surface area contributed by atoms with Gasteiger partial charge in [0.05, 0.1) is 5.69 Å². The van der Waals surface area contributed by atoms with Crippen molar-refractivity contribution in [1.82, 2.24) is 4.98 Å². The van der Waals surface area contributed by atoms with E-state index >= 15 is 0 Å². The van der Waals surface area contributed by atoms with Gasteiger partial charge in [-0.1, -0.05) is 12.1 Å². The SMILES string of the molecule is Nc1cccc(COc2cccc(F)c2F)n1. The maximum Gasteiger partial charge on any atom is 0.200 e. The van der Waals surface area contributed by atoms with Gasteiger partial charge in [0.1, 0.15) is 12.4 Å². The van der Waals surface area contributed by atoms with Crippen LogP contribution in [0.1, 0.15) is 5.69 Å². The quantitative estimate of drug-likeness (QED) is 0.890. The number of hydrogen-bond acceptors (Lipinski definition) is 3. The van der Waals surface area contributed by atoms with Crippen molar-refractivity contribution in [3.8, 4) is 5.75 Å². The molecule has 88 valence electrons. The summed E-state index contributed by atoms with van der Waals surface area (Å²) in [5.74, 6) is -1.74. The van der Waals surface area contributed by atoms with E-state index in [2.05, 4.69) is 4.98 Å². The Labute approximate surface area is 96.9 Å². The van der Waals surface area contributed by atoms with Crippen LogP contribution in [-0.4, -0.2) is 4.98 Å². The van der Waals surface area contributed by atoms with Gasteiger partial charge in [-0.2, -0.15) is 4.39 Å². The molecule has 0 aliphatic carbocycles. The van der Waals surface area contributed by atoms with Crippen molar-refractivity contribution >= 4 is 5.82 Å². The normalized spacial score (nSPS) is 10.2. The molecule has 0 saturated carbocycles. The Morgan fingerprint density at radius 3 is 2.65 bits per heavy atom. The van der Waals surface area contributed by atoms with Crippen LogP contribution in [0.5, 0.6) is 5.75 Å². The third kappa shape index (κ3) is 2.69. The fourth-order valence-electron chi connectivity index (χ4n) is 1.33. The Balaban J connectivity index is 2.10. The molecule has 0 unspecified atom stereocenters. The molecule has 17 heavy (non-hydrogen) atoms. The summed E-state index contributed by atoms with van der Waals surface area (Å²) in [4.78, 5) is 3.98. The summed E-state index contributed by atoms with van der Waals surface area (Å²) in [7, 11) is 0. The van der Waals surface area contributed by atoms with Gasteiger partial charge in [0.2, 0.25) is 5.82 Å². The van der Waals surface area contributed by atoms with Gasteiger partial charge in [-0.05, 0) is 24.3 Å². The zero-order valence-corrected chi connectivity index (χ0v) is 8.86. The molecule has 2 aromatic rings. The standard InChI is InChI=1S/C12H10F2N2O/c13-9-4-2-5-10(12(9)14)17-7-8-3-1-6-11(15)16-8/h1-6H,7H2,(H2,15,16). The molecule has 0 radical (unpaired) electrons. The van der Waals surface area contributed by atoms with Crippen LogP contribution in [0, 0.1) is 11.6 Å². The number of benzene rings is 1. The molecular weight excluding hydrogens is 226 g/mol. The number of hydrogen-bond donors (Lipinski definition) is 1. The van der Waals surface area contributed by atoms with Crippen molar-refractivity contribution in [1.29, 1.82) is 0 Å². The number of anilines is 1. The second-order valence-corrected chi connectivity index (χ2v) is 3.39. The number of nitrogens with two attached hydrogens (primary N) is 1. The van der Waals surface area contributed by atoms with Crippen molar-refractivity contribution in [3.05, 3.63) is 53.7 Å². The van der Waals surface area contributed by atoms with Crippen LogP contribution >= 0.6 is 0 Å². The molecule has 0 spiro atoms. The Morgan fingerprint density at radius 1 is 1.12 bits per heavy atom. The predicted molar refractivity (Wildman–Crippen MR) is 59.3 cm³/mol. The molecule has 0 bridgehead atoms. The van der Waals surface area contributed by atoms with Gasteiger partial charge in [-0.15, -0.1) is 0 Å². The summed E-state index contributed by atoms with van der Waals surface area (Å²) in [5.41, 5.74) is 6.03. The highest BCUT2D eigenvalue weighted by atomic mass is 19.2. The van der Waals surface area contributed by atoms with E-state index in [0.717, 1.165) is 6.07 Å². The minimum Gasteiger partial charge on any atom is -0.484 e. The summed E-state index contributed by atoms with van der Waals surface area (Å²) in [6.45, 7) is 0.0331. The van der Waals surface area contributed by atoms with Gasteiger partial charge >= 0.3 is 0 Å². The second kappa shape index (κ2) is 4.78. The van der Waals surface area contributed by atoms with Crippen LogP contribution < -0.4 is 10.5 Å². The van der Waals surface area contributed by atoms with Crippen LogP contribution in [-0.2, 0) is 6.61 Å². The lowest BCUT2D eigenvalue weighted by atomic mass is 10.3.